The molecule has 0 amide bonds. The third kappa shape index (κ3) is 2.41. The number of benzene rings is 3. The van der Waals surface area contributed by atoms with Crippen molar-refractivity contribution in [3.05, 3.63) is 110 Å². The molecular weight excluding hydrogens is 390 g/mol. The Morgan fingerprint density at radius 2 is 1.75 bits per heavy atom. The molecule has 0 atom stereocenters. The summed E-state index contributed by atoms with van der Waals surface area (Å²) in [5.74, 6) is 0.0578. The second-order valence-corrected chi connectivity index (χ2v) is 8.90. The van der Waals surface area contributed by atoms with Gasteiger partial charge < -0.3 is 0 Å². The third-order valence-electron chi connectivity index (χ3n) is 7.16. The van der Waals surface area contributed by atoms with Gasteiger partial charge in [0.1, 0.15) is 0 Å². The fraction of sp³-hybridized carbons (Fsp3) is 0.133. The number of aryl methyl sites for hydroxylation is 1. The van der Waals surface area contributed by atoms with Crippen molar-refractivity contribution in [2.75, 3.05) is 0 Å². The highest BCUT2D eigenvalue weighted by molar-refractivity contribution is 6.28. The number of hydrogen-bond donors (Lipinski definition) is 0. The van der Waals surface area contributed by atoms with E-state index >= 15 is 0 Å². The molecule has 0 N–H and O–H groups in total. The number of carbonyl (C=O) groups excluding carboxylic acids is 1. The van der Waals surface area contributed by atoms with Gasteiger partial charge in [0.05, 0.1) is 16.6 Å². The average Bonchev–Trinajstić information content (AvgIpc) is 3.24. The van der Waals surface area contributed by atoms with Gasteiger partial charge in [-0.3, -0.25) is 4.79 Å². The Hall–Kier alpha value is -3.78. The van der Waals surface area contributed by atoms with Crippen LogP contribution in [-0.2, 0) is 11.2 Å². The van der Waals surface area contributed by atoms with Gasteiger partial charge in [-0.1, -0.05) is 60.7 Å². The smallest absolute Gasteiger partial charge is 0.188 e. The number of fused-ring (bicyclic) bond motifs is 7. The van der Waals surface area contributed by atoms with Gasteiger partial charge in [0.2, 0.25) is 0 Å². The first-order chi connectivity index (χ1) is 15.8. The Bertz CT molecular complexity index is 1730. The molecule has 3 aliphatic carbocycles. The summed E-state index contributed by atoms with van der Waals surface area (Å²) in [5, 5.41) is 7.19. The van der Waals surface area contributed by atoms with Gasteiger partial charge in [-0.15, -0.1) is 0 Å². The van der Waals surface area contributed by atoms with Crippen molar-refractivity contribution in [3.8, 4) is 0 Å². The molecule has 2 heteroatoms. The van der Waals surface area contributed by atoms with Crippen molar-refractivity contribution in [1.29, 1.82) is 0 Å². The number of nitrogens with zero attached hydrogens (tertiary/aromatic N) is 1. The lowest BCUT2D eigenvalue weighted by molar-refractivity contribution is -0.109. The van der Waals surface area contributed by atoms with Gasteiger partial charge in [-0.25, -0.2) is 4.99 Å². The maximum absolute atomic E-state index is 12.8. The van der Waals surface area contributed by atoms with Crippen molar-refractivity contribution < 1.29 is 4.79 Å². The zero-order chi connectivity index (χ0) is 21.2. The lowest BCUT2D eigenvalue weighted by Gasteiger charge is -2.22. The first kappa shape index (κ1) is 17.9. The molecule has 0 spiro atoms. The first-order valence-electron chi connectivity index (χ1n) is 11.4. The van der Waals surface area contributed by atoms with E-state index < -0.39 is 0 Å². The van der Waals surface area contributed by atoms with Gasteiger partial charge in [0.15, 0.2) is 5.78 Å². The van der Waals surface area contributed by atoms with Crippen molar-refractivity contribution in [1.82, 2.24) is 0 Å². The van der Waals surface area contributed by atoms with Crippen LogP contribution in [0.5, 0.6) is 0 Å². The minimum absolute atomic E-state index is 0.0578. The monoisotopic (exact) mass is 411 g/mol. The molecule has 0 fully saturated rings. The van der Waals surface area contributed by atoms with Crippen molar-refractivity contribution in [2.24, 2.45) is 4.99 Å². The van der Waals surface area contributed by atoms with E-state index in [1.54, 1.807) is 6.08 Å². The quantitative estimate of drug-likeness (QED) is 0.604. The SMILES string of the molecule is O=C1C=CC(C2=c3c(ccc4c5c(ccc34)C=CCC=5)CCC2)=C2N=c3ccccc3=C12. The average molecular weight is 412 g/mol. The second-order valence-electron chi connectivity index (χ2n) is 8.90. The number of hydrogen-bond acceptors (Lipinski definition) is 2. The Balaban J connectivity index is 1.63. The fourth-order valence-electron chi connectivity index (χ4n) is 5.76. The number of allylic oxidation sites excluding steroid dienone is 5. The maximum Gasteiger partial charge on any atom is 0.188 e. The van der Waals surface area contributed by atoms with Crippen molar-refractivity contribution in [3.63, 3.8) is 0 Å². The van der Waals surface area contributed by atoms with Crippen LogP contribution in [0.15, 0.2) is 83.0 Å². The molecule has 4 aliphatic rings. The molecule has 0 bridgehead atoms. The Morgan fingerprint density at radius 1 is 0.844 bits per heavy atom. The molecule has 3 aromatic carbocycles. The number of para-hydroxylation sites is 1. The van der Waals surface area contributed by atoms with E-state index in [0.29, 0.717) is 0 Å². The van der Waals surface area contributed by atoms with E-state index in [4.69, 9.17) is 4.99 Å². The summed E-state index contributed by atoms with van der Waals surface area (Å²) in [7, 11) is 0. The predicted octanol–water partition coefficient (Wildman–Crippen LogP) is 3.40. The van der Waals surface area contributed by atoms with Crippen LogP contribution < -0.4 is 21.0 Å². The first-order valence-corrected chi connectivity index (χ1v) is 11.4. The number of ketones is 1. The summed E-state index contributed by atoms with van der Waals surface area (Å²) in [6.45, 7) is 0. The minimum Gasteiger partial charge on any atom is -0.289 e. The third-order valence-corrected chi connectivity index (χ3v) is 7.16. The highest BCUT2D eigenvalue weighted by Crippen LogP contribution is 2.34. The van der Waals surface area contributed by atoms with E-state index in [1.807, 2.05) is 30.3 Å². The van der Waals surface area contributed by atoms with E-state index in [1.165, 1.54) is 37.9 Å². The molecule has 152 valence electrons. The van der Waals surface area contributed by atoms with Crippen LogP contribution in [0.2, 0.25) is 0 Å². The van der Waals surface area contributed by atoms with Crippen LogP contribution >= 0.6 is 0 Å². The molecule has 0 saturated carbocycles. The molecule has 0 aromatic heterocycles. The minimum atomic E-state index is 0.0578. The highest BCUT2D eigenvalue weighted by atomic mass is 16.1. The Morgan fingerprint density at radius 3 is 2.72 bits per heavy atom. The van der Waals surface area contributed by atoms with E-state index in [-0.39, 0.29) is 5.78 Å². The molecule has 3 aromatic rings. The Kier molecular flexibility index (Phi) is 3.69. The molecule has 1 heterocycles. The highest BCUT2D eigenvalue weighted by Gasteiger charge is 2.27. The van der Waals surface area contributed by atoms with Gasteiger partial charge >= 0.3 is 0 Å². The van der Waals surface area contributed by atoms with Crippen LogP contribution in [0.4, 0.5) is 0 Å². The molecular formula is C30H21NO. The zero-order valence-corrected chi connectivity index (χ0v) is 17.7. The predicted molar refractivity (Wildman–Crippen MR) is 129 cm³/mol. The lowest BCUT2D eigenvalue weighted by atomic mass is 9.82. The Labute approximate surface area is 185 Å². The summed E-state index contributed by atoms with van der Waals surface area (Å²) >= 11 is 0. The van der Waals surface area contributed by atoms with E-state index in [0.717, 1.165) is 53.1 Å². The molecule has 1 aliphatic heterocycles. The topological polar surface area (TPSA) is 29.4 Å². The largest absolute Gasteiger partial charge is 0.289 e. The summed E-state index contributed by atoms with van der Waals surface area (Å²) in [6, 6.07) is 17.2. The van der Waals surface area contributed by atoms with Gasteiger partial charge in [0, 0.05) is 10.8 Å². The summed E-state index contributed by atoms with van der Waals surface area (Å²) in [6.07, 6.45) is 14.7. The van der Waals surface area contributed by atoms with E-state index in [9.17, 15) is 4.79 Å². The van der Waals surface area contributed by atoms with Gasteiger partial charge in [-0.05, 0) is 81.8 Å². The second kappa shape index (κ2) is 6.61. The standard InChI is InChI=1S/C30H21NO/c32-27-17-16-24(30-29(27)25-9-3-4-11-26(25)31-30)22-10-5-7-19-13-14-21-20-8-2-1-6-18(20)12-15-23(21)28(19)22/h1,3-4,6,8-9,11-17H,2,5,7,10H2. The molecule has 0 saturated heterocycles. The molecule has 32 heavy (non-hydrogen) atoms. The maximum atomic E-state index is 12.8. The number of rotatable bonds is 1. The normalized spacial score (nSPS) is 18.2. The van der Waals surface area contributed by atoms with Gasteiger partial charge in [0.25, 0.3) is 0 Å². The van der Waals surface area contributed by atoms with Gasteiger partial charge in [-0.2, -0.15) is 0 Å². The summed E-state index contributed by atoms with van der Waals surface area (Å²) in [4.78, 5) is 17.8. The van der Waals surface area contributed by atoms with Crippen LogP contribution in [0.3, 0.4) is 0 Å². The van der Waals surface area contributed by atoms with Crippen LogP contribution in [-0.4, -0.2) is 5.78 Å². The lowest BCUT2D eigenvalue weighted by Crippen LogP contribution is -2.25. The van der Waals surface area contributed by atoms with Crippen LogP contribution in [0, 0.1) is 0 Å². The molecule has 2 nitrogen and oxygen atoms in total. The fourth-order valence-corrected chi connectivity index (χ4v) is 5.76. The summed E-state index contributed by atoms with van der Waals surface area (Å²) in [5.41, 5.74) is 6.75. The zero-order valence-electron chi connectivity index (χ0n) is 17.7. The van der Waals surface area contributed by atoms with E-state index in [2.05, 4.69) is 42.5 Å². The number of carbonyl (C=O) groups is 1. The van der Waals surface area contributed by atoms with Crippen molar-refractivity contribution in [2.45, 2.75) is 25.7 Å². The molecule has 0 unspecified atom stereocenters. The van der Waals surface area contributed by atoms with Crippen LogP contribution in [0.25, 0.3) is 34.1 Å². The van der Waals surface area contributed by atoms with Crippen molar-refractivity contribution >= 4 is 39.9 Å². The van der Waals surface area contributed by atoms with Crippen LogP contribution in [0.1, 0.15) is 30.4 Å². The summed E-state index contributed by atoms with van der Waals surface area (Å²) < 4.78 is 0. The molecule has 0 radical (unpaired) electrons. The molecule has 7 rings (SSSR count).